The lowest BCUT2D eigenvalue weighted by molar-refractivity contribution is -0.137. The summed E-state index contributed by atoms with van der Waals surface area (Å²) < 4.78 is 63.9. The van der Waals surface area contributed by atoms with E-state index in [1.807, 2.05) is 13.8 Å². The minimum absolute atomic E-state index is 0.0863. The summed E-state index contributed by atoms with van der Waals surface area (Å²) in [5, 5.41) is 0. The number of nitrogens with zero attached hydrogens (tertiary/aromatic N) is 1. The van der Waals surface area contributed by atoms with E-state index in [0.29, 0.717) is 13.1 Å². The molecule has 0 aliphatic carbocycles. The number of sulfonamides is 1. The zero-order valence-corrected chi connectivity index (χ0v) is 12.7. The highest BCUT2D eigenvalue weighted by Gasteiger charge is 2.33. The van der Waals surface area contributed by atoms with E-state index in [1.165, 1.54) is 4.31 Å². The van der Waals surface area contributed by atoms with Gasteiger partial charge in [-0.3, -0.25) is 0 Å². The summed E-state index contributed by atoms with van der Waals surface area (Å²) in [6.07, 6.45) is -3.50. The predicted molar refractivity (Wildman–Crippen MR) is 73.1 cm³/mol. The molecule has 1 fully saturated rings. The highest BCUT2D eigenvalue weighted by molar-refractivity contribution is 7.89. The second kappa shape index (κ2) is 5.61. The molecule has 1 saturated heterocycles. The van der Waals surface area contributed by atoms with Crippen LogP contribution in [-0.4, -0.2) is 25.8 Å². The van der Waals surface area contributed by atoms with Gasteiger partial charge in [0.05, 0.1) is 10.5 Å². The maximum absolute atomic E-state index is 12.5. The van der Waals surface area contributed by atoms with Gasteiger partial charge in [-0.05, 0) is 42.5 Å². The van der Waals surface area contributed by atoms with Gasteiger partial charge in [-0.2, -0.15) is 17.5 Å². The van der Waals surface area contributed by atoms with Gasteiger partial charge in [-0.25, -0.2) is 8.42 Å². The first-order chi connectivity index (χ1) is 9.60. The van der Waals surface area contributed by atoms with E-state index >= 15 is 0 Å². The number of benzene rings is 1. The summed E-state index contributed by atoms with van der Waals surface area (Å²) in [5.74, 6) is 0.496. The van der Waals surface area contributed by atoms with Crippen molar-refractivity contribution in [2.45, 2.75) is 31.3 Å². The van der Waals surface area contributed by atoms with Crippen LogP contribution < -0.4 is 0 Å². The zero-order valence-electron chi connectivity index (χ0n) is 11.9. The lowest BCUT2D eigenvalue weighted by Crippen LogP contribution is -2.42. The second-order valence-electron chi connectivity index (χ2n) is 5.79. The Morgan fingerprint density at radius 3 is 1.95 bits per heavy atom. The lowest BCUT2D eigenvalue weighted by atomic mass is 9.94. The molecular weight excluding hydrogens is 303 g/mol. The first-order valence-electron chi connectivity index (χ1n) is 6.78. The Morgan fingerprint density at radius 2 is 1.52 bits per heavy atom. The summed E-state index contributed by atoms with van der Waals surface area (Å²) >= 11 is 0. The van der Waals surface area contributed by atoms with Gasteiger partial charge in [-0.1, -0.05) is 13.8 Å². The van der Waals surface area contributed by atoms with Crippen LogP contribution in [0.5, 0.6) is 0 Å². The van der Waals surface area contributed by atoms with Crippen LogP contribution in [0.25, 0.3) is 0 Å². The molecule has 2 atom stereocenters. The van der Waals surface area contributed by atoms with Gasteiger partial charge in [0.25, 0.3) is 0 Å². The SMILES string of the molecule is CC1CC(C)CN(S(=O)(=O)c2ccc(C(F)(F)F)cc2)C1. The monoisotopic (exact) mass is 321 g/mol. The minimum Gasteiger partial charge on any atom is -0.207 e. The molecular formula is C14H18F3NO2S. The van der Waals surface area contributed by atoms with Gasteiger partial charge in [0.2, 0.25) is 10.0 Å². The fraction of sp³-hybridized carbons (Fsp3) is 0.571. The van der Waals surface area contributed by atoms with E-state index in [4.69, 9.17) is 0 Å². The summed E-state index contributed by atoms with van der Waals surface area (Å²) in [6.45, 7) is 4.78. The van der Waals surface area contributed by atoms with Gasteiger partial charge in [0.15, 0.2) is 0 Å². The summed E-state index contributed by atoms with van der Waals surface area (Å²) in [5.41, 5.74) is -0.846. The zero-order chi connectivity index (χ0) is 15.8. The summed E-state index contributed by atoms with van der Waals surface area (Å²) in [6, 6.07) is 3.68. The van der Waals surface area contributed by atoms with Crippen molar-refractivity contribution < 1.29 is 21.6 Å². The molecule has 0 N–H and O–H groups in total. The molecule has 0 spiro atoms. The second-order valence-corrected chi connectivity index (χ2v) is 7.73. The number of piperidine rings is 1. The van der Waals surface area contributed by atoms with Crippen LogP contribution in [0.1, 0.15) is 25.8 Å². The van der Waals surface area contributed by atoms with Crippen LogP contribution >= 0.6 is 0 Å². The highest BCUT2D eigenvalue weighted by atomic mass is 32.2. The third-order valence-electron chi connectivity index (χ3n) is 3.65. The van der Waals surface area contributed by atoms with Crippen LogP contribution in [0.3, 0.4) is 0 Å². The molecule has 1 aliphatic heterocycles. The van der Waals surface area contributed by atoms with Gasteiger partial charge in [0, 0.05) is 13.1 Å². The Hall–Kier alpha value is -1.08. The Balaban J connectivity index is 2.27. The molecule has 0 amide bonds. The van der Waals surface area contributed by atoms with Crippen molar-refractivity contribution in [1.29, 1.82) is 0 Å². The van der Waals surface area contributed by atoms with E-state index in [2.05, 4.69) is 0 Å². The van der Waals surface area contributed by atoms with Gasteiger partial charge >= 0.3 is 6.18 Å². The molecule has 21 heavy (non-hydrogen) atoms. The molecule has 0 bridgehead atoms. The van der Waals surface area contributed by atoms with Crippen molar-refractivity contribution in [3.8, 4) is 0 Å². The number of alkyl halides is 3. The highest BCUT2D eigenvalue weighted by Crippen LogP contribution is 2.31. The fourth-order valence-electron chi connectivity index (χ4n) is 2.77. The van der Waals surface area contributed by atoms with Crippen molar-refractivity contribution >= 4 is 10.0 Å². The van der Waals surface area contributed by atoms with Crippen molar-refractivity contribution in [3.63, 3.8) is 0 Å². The summed E-state index contributed by atoms with van der Waals surface area (Å²) in [4.78, 5) is -0.0863. The minimum atomic E-state index is -4.46. The van der Waals surface area contributed by atoms with E-state index < -0.39 is 21.8 Å². The fourth-order valence-corrected chi connectivity index (χ4v) is 4.45. The van der Waals surface area contributed by atoms with Crippen LogP contribution in [-0.2, 0) is 16.2 Å². The van der Waals surface area contributed by atoms with Crippen LogP contribution in [0, 0.1) is 11.8 Å². The number of hydrogen-bond acceptors (Lipinski definition) is 2. The Morgan fingerprint density at radius 1 is 1.05 bits per heavy atom. The standard InChI is InChI=1S/C14H18F3NO2S/c1-10-7-11(2)9-18(8-10)21(19,20)13-5-3-12(4-6-13)14(15,16)17/h3-6,10-11H,7-9H2,1-2H3. The maximum Gasteiger partial charge on any atom is 0.416 e. The van der Waals surface area contributed by atoms with Gasteiger partial charge in [0.1, 0.15) is 0 Å². The number of halogens is 3. The quantitative estimate of drug-likeness (QED) is 0.837. The number of rotatable bonds is 2. The largest absolute Gasteiger partial charge is 0.416 e. The first-order valence-corrected chi connectivity index (χ1v) is 8.22. The van der Waals surface area contributed by atoms with Crippen LogP contribution in [0.15, 0.2) is 29.2 Å². The van der Waals surface area contributed by atoms with Crippen molar-refractivity contribution in [2.24, 2.45) is 11.8 Å². The molecule has 0 aromatic heterocycles. The molecule has 3 nitrogen and oxygen atoms in total. The average Bonchev–Trinajstić information content (AvgIpc) is 2.36. The average molecular weight is 321 g/mol. The Labute approximate surface area is 122 Å². The Kier molecular flexibility index (Phi) is 4.35. The topological polar surface area (TPSA) is 37.4 Å². The van der Waals surface area contributed by atoms with Gasteiger partial charge < -0.3 is 0 Å². The molecule has 2 unspecified atom stereocenters. The van der Waals surface area contributed by atoms with Gasteiger partial charge in [-0.15, -0.1) is 0 Å². The first kappa shape index (κ1) is 16.3. The molecule has 7 heteroatoms. The molecule has 0 radical (unpaired) electrons. The van der Waals surface area contributed by atoms with Crippen LogP contribution in [0.4, 0.5) is 13.2 Å². The molecule has 1 aromatic rings. The third-order valence-corrected chi connectivity index (χ3v) is 5.50. The number of hydrogen-bond donors (Lipinski definition) is 0. The lowest BCUT2D eigenvalue weighted by Gasteiger charge is -2.34. The van der Waals surface area contributed by atoms with Crippen molar-refractivity contribution in [2.75, 3.05) is 13.1 Å². The smallest absolute Gasteiger partial charge is 0.207 e. The molecule has 1 heterocycles. The maximum atomic E-state index is 12.5. The molecule has 1 aliphatic rings. The third kappa shape index (κ3) is 3.58. The normalized spacial score (nSPS) is 25.0. The van der Waals surface area contributed by atoms with E-state index in [-0.39, 0.29) is 16.7 Å². The van der Waals surface area contributed by atoms with E-state index in [1.54, 1.807) is 0 Å². The van der Waals surface area contributed by atoms with Crippen LogP contribution in [0.2, 0.25) is 0 Å². The van der Waals surface area contributed by atoms with E-state index in [0.717, 1.165) is 30.7 Å². The molecule has 2 rings (SSSR count). The molecule has 0 saturated carbocycles. The molecule has 118 valence electrons. The van der Waals surface area contributed by atoms with Crippen molar-refractivity contribution in [3.05, 3.63) is 29.8 Å². The Bertz CT molecular complexity index is 586. The molecule has 1 aromatic carbocycles. The predicted octanol–water partition coefficient (Wildman–Crippen LogP) is 3.37. The van der Waals surface area contributed by atoms with Crippen molar-refractivity contribution in [1.82, 2.24) is 4.31 Å². The summed E-state index contributed by atoms with van der Waals surface area (Å²) in [7, 11) is -3.72. The van der Waals surface area contributed by atoms with E-state index in [9.17, 15) is 21.6 Å².